The van der Waals surface area contributed by atoms with Crippen molar-refractivity contribution in [1.29, 1.82) is 0 Å². The van der Waals surface area contributed by atoms with Crippen LogP contribution in [0.5, 0.6) is 0 Å². The van der Waals surface area contributed by atoms with Crippen LogP contribution < -0.4 is 9.80 Å². The Morgan fingerprint density at radius 3 is 1.28 bits per heavy atom. The van der Waals surface area contributed by atoms with Gasteiger partial charge in [-0.3, -0.25) is 0 Å². The fourth-order valence-corrected chi connectivity index (χ4v) is 6.01. The Balaban J connectivity index is 1.55. The van der Waals surface area contributed by atoms with Crippen molar-refractivity contribution in [3.63, 3.8) is 0 Å². The van der Waals surface area contributed by atoms with Crippen LogP contribution >= 0.6 is 0 Å². The summed E-state index contributed by atoms with van der Waals surface area (Å²) in [6.45, 7) is 13.3. The number of fused-ring (bicyclic) bond motifs is 1. The summed E-state index contributed by atoms with van der Waals surface area (Å²) >= 11 is 0. The van der Waals surface area contributed by atoms with Gasteiger partial charge in [0, 0.05) is 34.1 Å². The van der Waals surface area contributed by atoms with Crippen molar-refractivity contribution in [2.75, 3.05) is 9.80 Å². The van der Waals surface area contributed by atoms with Crippen LogP contribution in [0.15, 0.2) is 121 Å². The Morgan fingerprint density at radius 2 is 0.814 bits per heavy atom. The van der Waals surface area contributed by atoms with E-state index >= 15 is 0 Å². The highest BCUT2D eigenvalue weighted by Crippen LogP contribution is 2.42. The molecule has 0 unspecified atom stereocenters. The van der Waals surface area contributed by atoms with E-state index in [1.165, 1.54) is 66.9 Å². The SMILES string of the molecule is CCc1cc(N(c2ccccc2)c2ccc(C)c(C)c2)cc2c(C)cc(N(c3ccccc3)c3ccc(C)c(C)c3)cc12. The van der Waals surface area contributed by atoms with E-state index in [0.29, 0.717) is 0 Å². The van der Waals surface area contributed by atoms with Gasteiger partial charge < -0.3 is 9.80 Å². The molecular formula is C41H40N2. The third kappa shape index (κ3) is 5.53. The van der Waals surface area contributed by atoms with Gasteiger partial charge in [0.1, 0.15) is 0 Å². The van der Waals surface area contributed by atoms with Gasteiger partial charge in [-0.05, 0) is 158 Å². The molecular weight excluding hydrogens is 520 g/mol. The average Bonchev–Trinajstić information content (AvgIpc) is 3.02. The topological polar surface area (TPSA) is 6.48 Å². The number of anilines is 6. The van der Waals surface area contributed by atoms with Crippen molar-refractivity contribution >= 4 is 44.9 Å². The largest absolute Gasteiger partial charge is 0.310 e. The molecule has 0 bridgehead atoms. The van der Waals surface area contributed by atoms with Crippen molar-refractivity contribution < 1.29 is 0 Å². The molecule has 2 heteroatoms. The molecule has 0 aliphatic heterocycles. The first-order valence-corrected chi connectivity index (χ1v) is 15.3. The molecule has 0 fully saturated rings. The van der Waals surface area contributed by atoms with Crippen LogP contribution in [0, 0.1) is 34.6 Å². The number of para-hydroxylation sites is 2. The second kappa shape index (κ2) is 11.8. The zero-order chi connectivity index (χ0) is 30.1. The fraction of sp³-hybridized carbons (Fsp3) is 0.171. The van der Waals surface area contributed by atoms with E-state index in [9.17, 15) is 0 Å². The van der Waals surface area contributed by atoms with Crippen molar-refractivity contribution in [3.05, 3.63) is 155 Å². The lowest BCUT2D eigenvalue weighted by Gasteiger charge is -2.29. The molecule has 0 aliphatic rings. The number of aryl methyl sites for hydroxylation is 6. The molecule has 0 N–H and O–H groups in total. The molecule has 0 aliphatic carbocycles. The minimum atomic E-state index is 0.942. The van der Waals surface area contributed by atoms with Gasteiger partial charge in [0.05, 0.1) is 0 Å². The minimum absolute atomic E-state index is 0.942. The van der Waals surface area contributed by atoms with Gasteiger partial charge in [-0.1, -0.05) is 55.5 Å². The molecule has 6 aromatic carbocycles. The summed E-state index contributed by atoms with van der Waals surface area (Å²) in [6.07, 6.45) is 0.942. The van der Waals surface area contributed by atoms with E-state index in [1.807, 2.05) is 0 Å². The van der Waals surface area contributed by atoms with Crippen LogP contribution in [0.4, 0.5) is 34.1 Å². The smallest absolute Gasteiger partial charge is 0.0470 e. The van der Waals surface area contributed by atoms with Gasteiger partial charge in [0.2, 0.25) is 0 Å². The Hall–Kier alpha value is -4.82. The van der Waals surface area contributed by atoms with E-state index in [2.05, 4.69) is 173 Å². The molecule has 0 atom stereocenters. The molecule has 0 radical (unpaired) electrons. The predicted molar refractivity (Wildman–Crippen MR) is 186 cm³/mol. The Labute approximate surface area is 256 Å². The molecule has 43 heavy (non-hydrogen) atoms. The molecule has 214 valence electrons. The molecule has 0 heterocycles. The third-order valence-electron chi connectivity index (χ3n) is 8.76. The molecule has 0 saturated heterocycles. The molecule has 0 spiro atoms. The van der Waals surface area contributed by atoms with Gasteiger partial charge in [-0.25, -0.2) is 0 Å². The molecule has 6 aromatic rings. The first kappa shape index (κ1) is 28.3. The Morgan fingerprint density at radius 1 is 0.372 bits per heavy atom. The molecule has 0 amide bonds. The quantitative estimate of drug-likeness (QED) is 0.192. The van der Waals surface area contributed by atoms with Crippen molar-refractivity contribution in [2.24, 2.45) is 0 Å². The lowest BCUT2D eigenvalue weighted by molar-refractivity contribution is 1.15. The Bertz CT molecular complexity index is 1900. The molecule has 0 saturated carbocycles. The second-order valence-electron chi connectivity index (χ2n) is 11.7. The van der Waals surface area contributed by atoms with Crippen LogP contribution in [-0.2, 0) is 6.42 Å². The van der Waals surface area contributed by atoms with E-state index in [4.69, 9.17) is 0 Å². The second-order valence-corrected chi connectivity index (χ2v) is 11.7. The standard InChI is InChI=1S/C41H40N2/c1-7-33-25-39(43(35-16-12-9-13-17-35)37-21-19-29(3)31(5)23-37)26-40-32(6)24-38(27-41(33)40)42(34-14-10-8-11-15-34)36-20-18-28(2)30(4)22-36/h8-27H,7H2,1-6H3. The monoisotopic (exact) mass is 560 g/mol. The van der Waals surface area contributed by atoms with Crippen molar-refractivity contribution in [2.45, 2.75) is 48.0 Å². The van der Waals surface area contributed by atoms with E-state index in [-0.39, 0.29) is 0 Å². The highest BCUT2D eigenvalue weighted by Gasteiger charge is 2.19. The lowest BCUT2D eigenvalue weighted by Crippen LogP contribution is -2.12. The normalized spacial score (nSPS) is 11.1. The molecule has 6 rings (SSSR count). The molecule has 0 aromatic heterocycles. The van der Waals surface area contributed by atoms with Crippen molar-refractivity contribution in [3.8, 4) is 0 Å². The summed E-state index contributed by atoms with van der Waals surface area (Å²) in [6, 6.07) is 44.4. The lowest BCUT2D eigenvalue weighted by atomic mass is 9.96. The first-order valence-electron chi connectivity index (χ1n) is 15.3. The first-order chi connectivity index (χ1) is 20.8. The average molecular weight is 561 g/mol. The van der Waals surface area contributed by atoms with Gasteiger partial charge in [0.15, 0.2) is 0 Å². The van der Waals surface area contributed by atoms with E-state index in [1.54, 1.807) is 0 Å². The summed E-state index contributed by atoms with van der Waals surface area (Å²) in [5, 5.41) is 2.59. The summed E-state index contributed by atoms with van der Waals surface area (Å²) in [4.78, 5) is 4.78. The maximum Gasteiger partial charge on any atom is 0.0470 e. The summed E-state index contributed by atoms with van der Waals surface area (Å²) in [5.74, 6) is 0. The van der Waals surface area contributed by atoms with E-state index < -0.39 is 0 Å². The summed E-state index contributed by atoms with van der Waals surface area (Å²) < 4.78 is 0. The van der Waals surface area contributed by atoms with Crippen LogP contribution in [0.2, 0.25) is 0 Å². The van der Waals surface area contributed by atoms with Gasteiger partial charge in [-0.15, -0.1) is 0 Å². The van der Waals surface area contributed by atoms with Crippen LogP contribution in [0.3, 0.4) is 0 Å². The van der Waals surface area contributed by atoms with Crippen LogP contribution in [0.1, 0.15) is 40.3 Å². The van der Waals surface area contributed by atoms with Gasteiger partial charge in [0.25, 0.3) is 0 Å². The van der Waals surface area contributed by atoms with Gasteiger partial charge in [-0.2, -0.15) is 0 Å². The number of rotatable bonds is 7. The fourth-order valence-electron chi connectivity index (χ4n) is 6.01. The Kier molecular flexibility index (Phi) is 7.78. The predicted octanol–water partition coefficient (Wildman–Crippen LogP) is 11.9. The molecule has 2 nitrogen and oxygen atoms in total. The minimum Gasteiger partial charge on any atom is -0.310 e. The highest BCUT2D eigenvalue weighted by atomic mass is 15.1. The summed E-state index contributed by atoms with van der Waals surface area (Å²) in [7, 11) is 0. The zero-order valence-corrected chi connectivity index (χ0v) is 26.1. The van der Waals surface area contributed by atoms with Crippen LogP contribution in [0.25, 0.3) is 10.8 Å². The number of benzene rings is 6. The number of hydrogen-bond donors (Lipinski definition) is 0. The van der Waals surface area contributed by atoms with Crippen LogP contribution in [-0.4, -0.2) is 0 Å². The van der Waals surface area contributed by atoms with E-state index in [0.717, 1.165) is 17.8 Å². The maximum absolute atomic E-state index is 2.39. The third-order valence-corrected chi connectivity index (χ3v) is 8.76. The zero-order valence-electron chi connectivity index (χ0n) is 26.1. The number of hydrogen-bond acceptors (Lipinski definition) is 2. The maximum atomic E-state index is 2.39. The summed E-state index contributed by atoms with van der Waals surface area (Å²) in [5.41, 5.74) is 14.8. The number of nitrogens with zero attached hydrogens (tertiary/aromatic N) is 2. The van der Waals surface area contributed by atoms with Gasteiger partial charge >= 0.3 is 0 Å². The highest BCUT2D eigenvalue weighted by molar-refractivity contribution is 5.97. The van der Waals surface area contributed by atoms with Crippen molar-refractivity contribution in [1.82, 2.24) is 0 Å².